The molecule has 29 heavy (non-hydrogen) atoms. The standard InChI is InChI=1S/C21H20FIN4O2/c1-3-10-29-24-12-15-9-8-14(11-18(15)22)16-6-4-5-7-19(16)25-21(28)17-13-27(2)26-20(17)23/h4-9,11-13H,3,10H2,1-2H3,(H,25,28). The third-order valence-corrected chi connectivity index (χ3v) is 4.87. The minimum absolute atomic E-state index is 0.271. The zero-order chi connectivity index (χ0) is 20.8. The van der Waals surface area contributed by atoms with Crippen molar-refractivity contribution in [1.29, 1.82) is 0 Å². The lowest BCUT2D eigenvalue weighted by atomic mass is 10.0. The normalized spacial score (nSPS) is 11.0. The number of aromatic nitrogens is 2. The average Bonchev–Trinajstić information content (AvgIpc) is 3.05. The second-order valence-electron chi connectivity index (χ2n) is 6.31. The molecule has 1 N–H and O–H groups in total. The van der Waals surface area contributed by atoms with Gasteiger partial charge in [-0.25, -0.2) is 4.39 Å². The van der Waals surface area contributed by atoms with E-state index in [2.05, 4.69) is 15.6 Å². The molecule has 1 heterocycles. The summed E-state index contributed by atoms with van der Waals surface area (Å²) in [6.45, 7) is 2.45. The van der Waals surface area contributed by atoms with E-state index in [1.807, 2.05) is 47.7 Å². The van der Waals surface area contributed by atoms with Crippen LogP contribution in [0.3, 0.4) is 0 Å². The van der Waals surface area contributed by atoms with E-state index in [1.165, 1.54) is 12.3 Å². The molecule has 0 unspecified atom stereocenters. The highest BCUT2D eigenvalue weighted by molar-refractivity contribution is 14.1. The number of carbonyl (C=O) groups excluding carboxylic acids is 1. The molecule has 3 aromatic rings. The summed E-state index contributed by atoms with van der Waals surface area (Å²) in [7, 11) is 1.76. The van der Waals surface area contributed by atoms with Crippen LogP contribution in [0.25, 0.3) is 11.1 Å². The van der Waals surface area contributed by atoms with Crippen molar-refractivity contribution in [3.63, 3.8) is 0 Å². The van der Waals surface area contributed by atoms with E-state index in [4.69, 9.17) is 4.84 Å². The van der Waals surface area contributed by atoms with Crippen molar-refractivity contribution in [3.05, 3.63) is 69.3 Å². The SMILES string of the molecule is CCCON=Cc1ccc(-c2ccccc2NC(=O)c2cn(C)nc2I)cc1F. The van der Waals surface area contributed by atoms with Gasteiger partial charge in [0.05, 0.1) is 11.8 Å². The summed E-state index contributed by atoms with van der Waals surface area (Å²) in [6.07, 6.45) is 3.85. The van der Waals surface area contributed by atoms with Gasteiger partial charge in [0.1, 0.15) is 16.1 Å². The third kappa shape index (κ3) is 5.20. The quantitative estimate of drug-likeness (QED) is 0.216. The van der Waals surface area contributed by atoms with Gasteiger partial charge in [0, 0.05) is 30.1 Å². The van der Waals surface area contributed by atoms with Crippen molar-refractivity contribution >= 4 is 40.4 Å². The lowest BCUT2D eigenvalue weighted by Crippen LogP contribution is -2.13. The number of rotatable bonds is 7. The number of hydrogen-bond donors (Lipinski definition) is 1. The molecule has 0 aliphatic carbocycles. The minimum atomic E-state index is -0.422. The summed E-state index contributed by atoms with van der Waals surface area (Å²) >= 11 is 2.02. The molecule has 0 radical (unpaired) electrons. The Bertz CT molecular complexity index is 1050. The lowest BCUT2D eigenvalue weighted by molar-refractivity contribution is 0.102. The van der Waals surface area contributed by atoms with Gasteiger partial charge >= 0.3 is 0 Å². The second kappa shape index (κ2) is 9.64. The number of benzene rings is 2. The van der Waals surface area contributed by atoms with Gasteiger partial charge in [-0.05, 0) is 52.8 Å². The van der Waals surface area contributed by atoms with E-state index in [0.29, 0.717) is 38.2 Å². The summed E-state index contributed by atoms with van der Waals surface area (Å²) in [6, 6.07) is 12.1. The molecule has 1 amide bonds. The van der Waals surface area contributed by atoms with Crippen LogP contribution in [0, 0.1) is 9.52 Å². The van der Waals surface area contributed by atoms with Crippen molar-refractivity contribution in [1.82, 2.24) is 9.78 Å². The molecule has 2 aromatic carbocycles. The molecule has 0 atom stereocenters. The number of halogens is 2. The topological polar surface area (TPSA) is 68.5 Å². The van der Waals surface area contributed by atoms with E-state index >= 15 is 0 Å². The predicted octanol–water partition coefficient (Wildman–Crippen LogP) is 4.84. The number of anilines is 1. The van der Waals surface area contributed by atoms with E-state index < -0.39 is 5.82 Å². The first-order valence-electron chi connectivity index (χ1n) is 9.04. The summed E-state index contributed by atoms with van der Waals surface area (Å²) in [4.78, 5) is 17.7. The maximum atomic E-state index is 14.5. The summed E-state index contributed by atoms with van der Waals surface area (Å²) in [5.74, 6) is -0.693. The maximum absolute atomic E-state index is 14.5. The van der Waals surface area contributed by atoms with Gasteiger partial charge in [0.15, 0.2) is 0 Å². The van der Waals surface area contributed by atoms with Gasteiger partial charge in [0.2, 0.25) is 0 Å². The van der Waals surface area contributed by atoms with Gasteiger partial charge in [-0.2, -0.15) is 5.10 Å². The van der Waals surface area contributed by atoms with E-state index in [9.17, 15) is 9.18 Å². The number of oxime groups is 1. The fraction of sp³-hybridized carbons (Fsp3) is 0.190. The molecule has 8 heteroatoms. The average molecular weight is 506 g/mol. The Kier molecular flexibility index (Phi) is 6.97. The Morgan fingerprint density at radius 2 is 2.14 bits per heavy atom. The highest BCUT2D eigenvalue weighted by Crippen LogP contribution is 2.29. The Balaban J connectivity index is 1.85. The van der Waals surface area contributed by atoms with Gasteiger partial charge in [-0.3, -0.25) is 9.48 Å². The molecule has 0 spiro atoms. The molecule has 0 aliphatic rings. The van der Waals surface area contributed by atoms with Crippen LogP contribution in [0.5, 0.6) is 0 Å². The first-order valence-corrected chi connectivity index (χ1v) is 10.1. The molecule has 6 nitrogen and oxygen atoms in total. The molecule has 1 aromatic heterocycles. The monoisotopic (exact) mass is 506 g/mol. The third-order valence-electron chi connectivity index (χ3n) is 4.08. The number of para-hydroxylation sites is 1. The van der Waals surface area contributed by atoms with E-state index in [-0.39, 0.29) is 5.91 Å². The first-order chi connectivity index (χ1) is 14.0. The van der Waals surface area contributed by atoms with Crippen LogP contribution >= 0.6 is 22.6 Å². The first kappa shape index (κ1) is 21.0. The van der Waals surface area contributed by atoms with Crippen LogP contribution in [0.15, 0.2) is 53.8 Å². The summed E-state index contributed by atoms with van der Waals surface area (Å²) < 4.78 is 16.7. The van der Waals surface area contributed by atoms with Crippen molar-refractivity contribution in [2.75, 3.05) is 11.9 Å². The molecule has 150 valence electrons. The molecule has 0 fully saturated rings. The highest BCUT2D eigenvalue weighted by Gasteiger charge is 2.16. The van der Waals surface area contributed by atoms with Gasteiger partial charge < -0.3 is 10.2 Å². The van der Waals surface area contributed by atoms with Crippen LogP contribution in [0.2, 0.25) is 0 Å². The number of amides is 1. The highest BCUT2D eigenvalue weighted by atomic mass is 127. The second-order valence-corrected chi connectivity index (χ2v) is 7.33. The smallest absolute Gasteiger partial charge is 0.259 e. The summed E-state index contributed by atoms with van der Waals surface area (Å²) in [5.41, 5.74) is 2.75. The van der Waals surface area contributed by atoms with Crippen LogP contribution in [-0.2, 0) is 11.9 Å². The molecular weight excluding hydrogens is 486 g/mol. The van der Waals surface area contributed by atoms with Crippen LogP contribution in [-0.4, -0.2) is 28.5 Å². The summed E-state index contributed by atoms with van der Waals surface area (Å²) in [5, 5.41) is 10.8. The molecule has 0 saturated heterocycles. The Morgan fingerprint density at radius 1 is 1.34 bits per heavy atom. The van der Waals surface area contributed by atoms with Crippen molar-refractivity contribution in [2.24, 2.45) is 12.2 Å². The molecule has 0 bridgehead atoms. The van der Waals surface area contributed by atoms with Gasteiger partial charge in [-0.1, -0.05) is 36.3 Å². The van der Waals surface area contributed by atoms with Gasteiger partial charge in [-0.15, -0.1) is 0 Å². The van der Waals surface area contributed by atoms with Crippen molar-refractivity contribution in [3.8, 4) is 11.1 Å². The van der Waals surface area contributed by atoms with E-state index in [0.717, 1.165) is 6.42 Å². The number of nitrogens with one attached hydrogen (secondary N) is 1. The number of carbonyl (C=O) groups is 1. The lowest BCUT2D eigenvalue weighted by Gasteiger charge is -2.11. The van der Waals surface area contributed by atoms with Crippen molar-refractivity contribution < 1.29 is 14.0 Å². The number of hydrogen-bond acceptors (Lipinski definition) is 4. The van der Waals surface area contributed by atoms with Crippen LogP contribution in [0.4, 0.5) is 10.1 Å². The van der Waals surface area contributed by atoms with E-state index in [1.54, 1.807) is 36.1 Å². The Morgan fingerprint density at radius 3 is 2.83 bits per heavy atom. The molecule has 0 saturated carbocycles. The molecule has 0 aliphatic heterocycles. The van der Waals surface area contributed by atoms with Gasteiger partial charge in [0.25, 0.3) is 5.91 Å². The van der Waals surface area contributed by atoms with Crippen LogP contribution < -0.4 is 5.32 Å². The predicted molar refractivity (Wildman–Crippen MR) is 120 cm³/mol. The number of nitrogens with zero attached hydrogens (tertiary/aromatic N) is 3. The molecular formula is C21H20FIN4O2. The zero-order valence-electron chi connectivity index (χ0n) is 16.0. The zero-order valence-corrected chi connectivity index (χ0v) is 18.2. The Hall–Kier alpha value is -2.75. The number of aryl methyl sites for hydroxylation is 1. The minimum Gasteiger partial charge on any atom is -0.396 e. The van der Waals surface area contributed by atoms with Crippen molar-refractivity contribution in [2.45, 2.75) is 13.3 Å². The fourth-order valence-corrected chi connectivity index (χ4v) is 3.41. The van der Waals surface area contributed by atoms with Crippen LogP contribution in [0.1, 0.15) is 29.3 Å². The maximum Gasteiger partial charge on any atom is 0.259 e. The molecule has 3 rings (SSSR count). The fourth-order valence-electron chi connectivity index (χ4n) is 2.68. The Labute approximate surface area is 181 Å². The largest absolute Gasteiger partial charge is 0.396 e.